The van der Waals surface area contributed by atoms with Crippen LogP contribution in [0.1, 0.15) is 26.2 Å². The van der Waals surface area contributed by atoms with Crippen molar-refractivity contribution in [1.29, 1.82) is 0 Å². The predicted octanol–water partition coefficient (Wildman–Crippen LogP) is 4.20. The zero-order valence-electron chi connectivity index (χ0n) is 18.1. The lowest BCUT2D eigenvalue weighted by atomic mass is 9.83. The van der Waals surface area contributed by atoms with E-state index < -0.39 is 0 Å². The summed E-state index contributed by atoms with van der Waals surface area (Å²) in [6, 6.07) is 13.8. The Balaban J connectivity index is 1.54. The second-order valence-electron chi connectivity index (χ2n) is 7.69. The van der Waals surface area contributed by atoms with E-state index in [0.29, 0.717) is 35.2 Å². The van der Waals surface area contributed by atoms with Gasteiger partial charge in [-0.1, -0.05) is 31.2 Å². The molecule has 0 aliphatic heterocycles. The lowest BCUT2D eigenvalue weighted by Crippen LogP contribution is -2.50. The van der Waals surface area contributed by atoms with E-state index in [1.54, 1.807) is 38.5 Å². The Bertz CT molecular complexity index is 905. The Kier molecular flexibility index (Phi) is 7.59. The van der Waals surface area contributed by atoms with Gasteiger partial charge in [-0.2, -0.15) is 0 Å². The summed E-state index contributed by atoms with van der Waals surface area (Å²) in [5.74, 6) is 1.50. The maximum Gasteiger partial charge on any atom is 0.319 e. The molecule has 1 fully saturated rings. The van der Waals surface area contributed by atoms with Gasteiger partial charge in [0.2, 0.25) is 0 Å². The second-order valence-corrected chi connectivity index (χ2v) is 7.69. The average molecular weight is 427 g/mol. The number of carbonyl (C=O) groups excluding carboxylic acids is 2. The van der Waals surface area contributed by atoms with Crippen molar-refractivity contribution in [1.82, 2.24) is 10.6 Å². The summed E-state index contributed by atoms with van der Waals surface area (Å²) in [5, 5.41) is 11.7. The highest BCUT2D eigenvalue weighted by Crippen LogP contribution is 2.27. The van der Waals surface area contributed by atoms with Crippen molar-refractivity contribution in [2.24, 2.45) is 5.92 Å². The molecule has 0 aromatic heterocycles. The van der Waals surface area contributed by atoms with E-state index in [-0.39, 0.29) is 24.1 Å². The smallest absolute Gasteiger partial charge is 0.319 e. The first-order chi connectivity index (χ1) is 15.0. The number of methoxy groups -OCH3 is 2. The quantitative estimate of drug-likeness (QED) is 0.556. The highest BCUT2D eigenvalue weighted by atomic mass is 16.5. The van der Waals surface area contributed by atoms with Gasteiger partial charge < -0.3 is 30.7 Å². The number of para-hydroxylation sites is 4. The highest BCUT2D eigenvalue weighted by molar-refractivity contribution is 5.92. The van der Waals surface area contributed by atoms with Gasteiger partial charge in [-0.25, -0.2) is 9.59 Å². The fourth-order valence-corrected chi connectivity index (χ4v) is 3.82. The van der Waals surface area contributed by atoms with E-state index in [1.807, 2.05) is 24.3 Å². The molecule has 0 radical (unpaired) electrons. The van der Waals surface area contributed by atoms with Crippen molar-refractivity contribution in [2.45, 2.75) is 38.3 Å². The van der Waals surface area contributed by atoms with E-state index in [2.05, 4.69) is 28.2 Å². The van der Waals surface area contributed by atoms with Crippen molar-refractivity contribution in [3.05, 3.63) is 48.5 Å². The van der Waals surface area contributed by atoms with E-state index in [9.17, 15) is 9.59 Å². The van der Waals surface area contributed by atoms with Crippen molar-refractivity contribution in [2.75, 3.05) is 24.9 Å². The minimum atomic E-state index is -0.291. The number of anilines is 2. The van der Waals surface area contributed by atoms with Crippen molar-refractivity contribution < 1.29 is 19.1 Å². The maximum absolute atomic E-state index is 12.5. The van der Waals surface area contributed by atoms with Crippen molar-refractivity contribution >= 4 is 23.4 Å². The molecule has 4 N–H and O–H groups in total. The van der Waals surface area contributed by atoms with Crippen LogP contribution in [0.4, 0.5) is 21.0 Å². The Morgan fingerprint density at radius 2 is 1.32 bits per heavy atom. The van der Waals surface area contributed by atoms with Crippen LogP contribution in [0.15, 0.2) is 48.5 Å². The van der Waals surface area contributed by atoms with Crippen LogP contribution >= 0.6 is 0 Å². The molecule has 1 saturated carbocycles. The van der Waals surface area contributed by atoms with Crippen molar-refractivity contribution in [3.63, 3.8) is 0 Å². The van der Waals surface area contributed by atoms with Gasteiger partial charge >= 0.3 is 12.1 Å². The summed E-state index contributed by atoms with van der Waals surface area (Å²) in [7, 11) is 3.13. The summed E-state index contributed by atoms with van der Waals surface area (Å²) in [5.41, 5.74) is 1.22. The Morgan fingerprint density at radius 1 is 0.806 bits per heavy atom. The van der Waals surface area contributed by atoms with Gasteiger partial charge in [-0.3, -0.25) is 0 Å². The van der Waals surface area contributed by atoms with Gasteiger partial charge in [-0.05, 0) is 49.4 Å². The molecule has 8 heteroatoms. The Hall–Kier alpha value is -3.42. The topological polar surface area (TPSA) is 101 Å². The van der Waals surface area contributed by atoms with E-state index in [0.717, 1.165) is 12.8 Å². The minimum Gasteiger partial charge on any atom is -0.495 e. The van der Waals surface area contributed by atoms with Crippen LogP contribution < -0.4 is 30.7 Å². The number of benzene rings is 2. The largest absolute Gasteiger partial charge is 0.495 e. The van der Waals surface area contributed by atoms with Crippen LogP contribution in [0.2, 0.25) is 0 Å². The summed E-state index contributed by atoms with van der Waals surface area (Å²) in [4.78, 5) is 25.0. The van der Waals surface area contributed by atoms with Gasteiger partial charge in [0.25, 0.3) is 0 Å². The molecular weight excluding hydrogens is 396 g/mol. The number of nitrogens with one attached hydrogen (secondary N) is 4. The lowest BCUT2D eigenvalue weighted by Gasteiger charge is -2.35. The third kappa shape index (κ3) is 6.04. The molecule has 1 aliphatic rings. The minimum absolute atomic E-state index is 0.0394. The van der Waals surface area contributed by atoms with Crippen LogP contribution in [0.25, 0.3) is 0 Å². The van der Waals surface area contributed by atoms with E-state index in [1.165, 1.54) is 0 Å². The molecule has 31 heavy (non-hydrogen) atoms. The van der Waals surface area contributed by atoms with E-state index >= 15 is 0 Å². The number of ether oxygens (including phenoxy) is 2. The SMILES string of the molecule is COc1ccccc1NC(=O)NC1CCC(C)C(NC(=O)Nc2ccccc2OC)C1. The van der Waals surface area contributed by atoms with Crippen LogP contribution in [0, 0.1) is 5.92 Å². The average Bonchev–Trinajstić information content (AvgIpc) is 2.76. The number of urea groups is 2. The second kappa shape index (κ2) is 10.6. The third-order valence-corrected chi connectivity index (χ3v) is 5.56. The summed E-state index contributed by atoms with van der Waals surface area (Å²) >= 11 is 0. The molecule has 0 heterocycles. The number of hydrogen-bond donors (Lipinski definition) is 4. The number of rotatable bonds is 6. The van der Waals surface area contributed by atoms with Crippen LogP contribution in [0.3, 0.4) is 0 Å². The standard InChI is InChI=1S/C23H30N4O4/c1-15-12-13-16(24-22(28)25-17-8-4-6-10-20(17)30-2)14-19(15)27-23(29)26-18-9-5-7-11-21(18)31-3/h4-11,15-16,19H,12-14H2,1-3H3,(H2,24,25,28)(H2,26,27,29). The first-order valence-electron chi connectivity index (χ1n) is 10.4. The third-order valence-electron chi connectivity index (χ3n) is 5.56. The molecule has 166 valence electrons. The summed E-state index contributed by atoms with van der Waals surface area (Å²) < 4.78 is 10.5. The fourth-order valence-electron chi connectivity index (χ4n) is 3.82. The molecule has 3 unspecified atom stereocenters. The van der Waals surface area contributed by atoms with Gasteiger partial charge in [0, 0.05) is 12.1 Å². The molecule has 0 spiro atoms. The van der Waals surface area contributed by atoms with Crippen molar-refractivity contribution in [3.8, 4) is 11.5 Å². The maximum atomic E-state index is 12.5. The van der Waals surface area contributed by atoms with Crippen LogP contribution in [-0.4, -0.2) is 38.4 Å². The summed E-state index contributed by atoms with van der Waals surface area (Å²) in [6.45, 7) is 2.11. The first kappa shape index (κ1) is 22.3. The van der Waals surface area contributed by atoms with Gasteiger partial charge in [-0.15, -0.1) is 0 Å². The number of amides is 4. The number of carbonyl (C=O) groups is 2. The normalized spacial score (nSPS) is 20.3. The molecule has 3 rings (SSSR count). The summed E-state index contributed by atoms with van der Waals surface area (Å²) in [6.07, 6.45) is 2.41. The molecule has 0 saturated heterocycles. The fraction of sp³-hybridized carbons (Fsp3) is 0.391. The Labute approximate surface area is 182 Å². The molecule has 8 nitrogen and oxygen atoms in total. The molecule has 0 bridgehead atoms. The van der Waals surface area contributed by atoms with Gasteiger partial charge in [0.05, 0.1) is 25.6 Å². The molecular formula is C23H30N4O4. The monoisotopic (exact) mass is 426 g/mol. The zero-order valence-corrected chi connectivity index (χ0v) is 18.1. The highest BCUT2D eigenvalue weighted by Gasteiger charge is 2.30. The van der Waals surface area contributed by atoms with Gasteiger partial charge in [0.15, 0.2) is 0 Å². The lowest BCUT2D eigenvalue weighted by molar-refractivity contribution is 0.213. The first-order valence-corrected chi connectivity index (χ1v) is 10.4. The predicted molar refractivity (Wildman–Crippen MR) is 121 cm³/mol. The van der Waals surface area contributed by atoms with Crippen LogP contribution in [0.5, 0.6) is 11.5 Å². The molecule has 4 amide bonds. The Morgan fingerprint density at radius 3 is 1.87 bits per heavy atom. The molecule has 2 aromatic carbocycles. The molecule has 3 atom stereocenters. The number of hydrogen-bond acceptors (Lipinski definition) is 4. The zero-order chi connectivity index (χ0) is 22.2. The molecule has 1 aliphatic carbocycles. The van der Waals surface area contributed by atoms with Crippen LogP contribution in [-0.2, 0) is 0 Å². The van der Waals surface area contributed by atoms with E-state index in [4.69, 9.17) is 9.47 Å². The van der Waals surface area contributed by atoms with Gasteiger partial charge in [0.1, 0.15) is 11.5 Å². The molecule has 2 aromatic rings.